The third kappa shape index (κ3) is 3.47. The van der Waals surface area contributed by atoms with Gasteiger partial charge in [0, 0.05) is 25.4 Å². The number of benzene rings is 1. The lowest BCUT2D eigenvalue weighted by Crippen LogP contribution is -2.33. The van der Waals surface area contributed by atoms with Gasteiger partial charge in [-0.2, -0.15) is 0 Å². The molecule has 2 N–H and O–H groups in total. The number of hydrogen-bond acceptors (Lipinski definition) is 3. The van der Waals surface area contributed by atoms with Crippen LogP contribution in [0.15, 0.2) is 18.2 Å². The standard InChI is InChI=1S/C15H21NO3/c1-11-3-4-13(12(9-11)14(17)18)16-10-15(2)5-7-19-8-6-15/h3-4,9,16H,5-8,10H2,1-2H3,(H,17,18). The van der Waals surface area contributed by atoms with Crippen LogP contribution in [0.25, 0.3) is 0 Å². The van der Waals surface area contributed by atoms with Crippen molar-refractivity contribution < 1.29 is 14.6 Å². The topological polar surface area (TPSA) is 58.6 Å². The summed E-state index contributed by atoms with van der Waals surface area (Å²) < 4.78 is 5.37. The van der Waals surface area contributed by atoms with Crippen LogP contribution in [0.1, 0.15) is 35.7 Å². The molecule has 4 heteroatoms. The molecule has 1 saturated heterocycles. The molecule has 1 aliphatic heterocycles. The second kappa shape index (κ2) is 5.61. The van der Waals surface area contributed by atoms with Crippen molar-refractivity contribution >= 4 is 11.7 Å². The maximum Gasteiger partial charge on any atom is 0.337 e. The van der Waals surface area contributed by atoms with Crippen LogP contribution in [-0.4, -0.2) is 30.8 Å². The van der Waals surface area contributed by atoms with E-state index in [2.05, 4.69) is 12.2 Å². The van der Waals surface area contributed by atoms with Gasteiger partial charge in [0.1, 0.15) is 0 Å². The average Bonchev–Trinajstić information content (AvgIpc) is 2.38. The van der Waals surface area contributed by atoms with Crippen LogP contribution >= 0.6 is 0 Å². The summed E-state index contributed by atoms with van der Waals surface area (Å²) in [6.07, 6.45) is 2.02. The van der Waals surface area contributed by atoms with Gasteiger partial charge in [-0.3, -0.25) is 0 Å². The molecule has 0 saturated carbocycles. The number of aryl methyl sites for hydroxylation is 1. The van der Waals surface area contributed by atoms with Gasteiger partial charge in [0.2, 0.25) is 0 Å². The lowest BCUT2D eigenvalue weighted by Gasteiger charge is -2.34. The molecule has 0 unspecified atom stereocenters. The van der Waals surface area contributed by atoms with E-state index in [-0.39, 0.29) is 5.41 Å². The minimum absolute atomic E-state index is 0.179. The van der Waals surface area contributed by atoms with Gasteiger partial charge in [-0.25, -0.2) is 4.79 Å². The molecule has 104 valence electrons. The highest BCUT2D eigenvalue weighted by atomic mass is 16.5. The fraction of sp³-hybridized carbons (Fsp3) is 0.533. The van der Waals surface area contributed by atoms with Crippen LogP contribution in [0.3, 0.4) is 0 Å². The van der Waals surface area contributed by atoms with Crippen molar-refractivity contribution in [1.82, 2.24) is 0 Å². The third-order valence-corrected chi connectivity index (χ3v) is 3.81. The molecule has 0 aromatic heterocycles. The molecular formula is C15H21NO3. The minimum Gasteiger partial charge on any atom is -0.478 e. The van der Waals surface area contributed by atoms with Crippen molar-refractivity contribution in [2.75, 3.05) is 25.1 Å². The Balaban J connectivity index is 2.08. The van der Waals surface area contributed by atoms with Crippen LogP contribution in [-0.2, 0) is 4.74 Å². The largest absolute Gasteiger partial charge is 0.478 e. The minimum atomic E-state index is -0.886. The first-order chi connectivity index (χ1) is 9.00. The number of nitrogens with one attached hydrogen (secondary N) is 1. The number of anilines is 1. The first-order valence-electron chi connectivity index (χ1n) is 6.66. The second-order valence-corrected chi connectivity index (χ2v) is 5.63. The van der Waals surface area contributed by atoms with E-state index in [4.69, 9.17) is 4.74 Å². The van der Waals surface area contributed by atoms with E-state index in [9.17, 15) is 9.90 Å². The predicted octanol–water partition coefficient (Wildman–Crippen LogP) is 2.92. The van der Waals surface area contributed by atoms with E-state index in [0.717, 1.165) is 38.2 Å². The Morgan fingerprint density at radius 2 is 2.11 bits per heavy atom. The molecule has 1 heterocycles. The number of rotatable bonds is 4. The van der Waals surface area contributed by atoms with Gasteiger partial charge in [-0.1, -0.05) is 18.6 Å². The summed E-state index contributed by atoms with van der Waals surface area (Å²) in [7, 11) is 0. The molecule has 0 amide bonds. The summed E-state index contributed by atoms with van der Waals surface area (Å²) in [6, 6.07) is 5.49. The highest BCUT2D eigenvalue weighted by molar-refractivity contribution is 5.94. The Bertz CT molecular complexity index is 464. The maximum atomic E-state index is 11.2. The number of carboxylic acid groups (broad SMARTS) is 1. The molecule has 0 bridgehead atoms. The van der Waals surface area contributed by atoms with Crippen molar-refractivity contribution in [3.8, 4) is 0 Å². The van der Waals surface area contributed by atoms with Gasteiger partial charge in [0.05, 0.1) is 5.56 Å². The zero-order valence-corrected chi connectivity index (χ0v) is 11.5. The molecule has 1 aliphatic rings. The Kier molecular flexibility index (Phi) is 4.10. The lowest BCUT2D eigenvalue weighted by molar-refractivity contribution is 0.0299. The van der Waals surface area contributed by atoms with Gasteiger partial charge in [0.25, 0.3) is 0 Å². The molecule has 19 heavy (non-hydrogen) atoms. The van der Waals surface area contributed by atoms with Gasteiger partial charge < -0.3 is 15.2 Å². The van der Waals surface area contributed by atoms with E-state index in [1.54, 1.807) is 6.07 Å². The Morgan fingerprint density at radius 1 is 1.42 bits per heavy atom. The molecule has 0 radical (unpaired) electrons. The smallest absolute Gasteiger partial charge is 0.337 e. The van der Waals surface area contributed by atoms with Gasteiger partial charge in [-0.15, -0.1) is 0 Å². The van der Waals surface area contributed by atoms with Crippen LogP contribution in [0.5, 0.6) is 0 Å². The van der Waals surface area contributed by atoms with E-state index in [1.165, 1.54) is 0 Å². The first kappa shape index (κ1) is 13.9. The van der Waals surface area contributed by atoms with Crippen LogP contribution in [0, 0.1) is 12.3 Å². The molecular weight excluding hydrogens is 242 g/mol. The summed E-state index contributed by atoms with van der Waals surface area (Å²) in [6.45, 7) is 6.47. The Labute approximate surface area is 113 Å². The van der Waals surface area contributed by atoms with Crippen molar-refractivity contribution in [2.24, 2.45) is 5.41 Å². The maximum absolute atomic E-state index is 11.2. The van der Waals surface area contributed by atoms with Crippen molar-refractivity contribution in [3.05, 3.63) is 29.3 Å². The molecule has 4 nitrogen and oxygen atoms in total. The molecule has 2 rings (SSSR count). The molecule has 1 aromatic rings. The number of aromatic carboxylic acids is 1. The molecule has 0 aliphatic carbocycles. The molecule has 0 spiro atoms. The van der Waals surface area contributed by atoms with Crippen molar-refractivity contribution in [1.29, 1.82) is 0 Å². The Morgan fingerprint density at radius 3 is 2.74 bits per heavy atom. The van der Waals surface area contributed by atoms with Crippen molar-refractivity contribution in [2.45, 2.75) is 26.7 Å². The number of ether oxygens (including phenoxy) is 1. The number of carboxylic acids is 1. The van der Waals surface area contributed by atoms with Crippen LogP contribution in [0.2, 0.25) is 0 Å². The molecule has 0 atom stereocenters. The monoisotopic (exact) mass is 263 g/mol. The van der Waals surface area contributed by atoms with Gasteiger partial charge >= 0.3 is 5.97 Å². The fourth-order valence-corrected chi connectivity index (χ4v) is 2.34. The highest BCUT2D eigenvalue weighted by Gasteiger charge is 2.27. The average molecular weight is 263 g/mol. The first-order valence-corrected chi connectivity index (χ1v) is 6.66. The van der Waals surface area contributed by atoms with E-state index < -0.39 is 5.97 Å². The van der Waals surface area contributed by atoms with Crippen LogP contribution in [0.4, 0.5) is 5.69 Å². The summed E-state index contributed by atoms with van der Waals surface area (Å²) in [4.78, 5) is 11.2. The second-order valence-electron chi connectivity index (χ2n) is 5.63. The number of carbonyl (C=O) groups is 1. The summed E-state index contributed by atoms with van der Waals surface area (Å²) in [5, 5.41) is 12.5. The summed E-state index contributed by atoms with van der Waals surface area (Å²) >= 11 is 0. The van der Waals surface area contributed by atoms with Gasteiger partial charge in [-0.05, 0) is 37.3 Å². The van der Waals surface area contributed by atoms with E-state index in [1.807, 2.05) is 19.1 Å². The predicted molar refractivity (Wildman–Crippen MR) is 74.8 cm³/mol. The summed E-state index contributed by atoms with van der Waals surface area (Å²) in [5.74, 6) is -0.886. The molecule has 1 fully saturated rings. The highest BCUT2D eigenvalue weighted by Crippen LogP contribution is 2.30. The third-order valence-electron chi connectivity index (χ3n) is 3.81. The lowest BCUT2D eigenvalue weighted by atomic mass is 9.82. The van der Waals surface area contributed by atoms with Crippen LogP contribution < -0.4 is 5.32 Å². The zero-order valence-electron chi connectivity index (χ0n) is 11.5. The van der Waals surface area contributed by atoms with E-state index >= 15 is 0 Å². The Hall–Kier alpha value is -1.55. The van der Waals surface area contributed by atoms with Crippen molar-refractivity contribution in [3.63, 3.8) is 0 Å². The van der Waals surface area contributed by atoms with E-state index in [0.29, 0.717) is 11.3 Å². The zero-order chi connectivity index (χ0) is 13.9. The van der Waals surface area contributed by atoms with Gasteiger partial charge in [0.15, 0.2) is 0 Å². The molecule has 1 aromatic carbocycles. The normalized spacial score (nSPS) is 18.0. The fourth-order valence-electron chi connectivity index (χ4n) is 2.34. The SMILES string of the molecule is Cc1ccc(NCC2(C)CCOCC2)c(C(=O)O)c1. The number of hydrogen-bond donors (Lipinski definition) is 2. The summed E-state index contributed by atoms with van der Waals surface area (Å²) in [5.41, 5.74) is 2.18. The quantitative estimate of drug-likeness (QED) is 0.877.